The van der Waals surface area contributed by atoms with Gasteiger partial charge in [0.25, 0.3) is 21.7 Å². The van der Waals surface area contributed by atoms with Gasteiger partial charge in [-0.05, 0) is 205 Å². The summed E-state index contributed by atoms with van der Waals surface area (Å²) in [6, 6.07) is 42.6. The monoisotopic (exact) mass is 1630 g/mol. The molecule has 2 aliphatic rings. The van der Waals surface area contributed by atoms with Crippen molar-refractivity contribution in [1.82, 2.24) is 6.15 Å². The van der Waals surface area contributed by atoms with E-state index in [4.69, 9.17) is 39.4 Å². The van der Waals surface area contributed by atoms with Crippen molar-refractivity contribution in [2.75, 3.05) is 26.4 Å². The van der Waals surface area contributed by atoms with Crippen LogP contribution in [0.3, 0.4) is 0 Å². The first kappa shape index (κ1) is 102. The summed E-state index contributed by atoms with van der Waals surface area (Å²) < 4.78 is 115. The Morgan fingerprint density at radius 1 is 0.533 bits per heavy atom. The van der Waals surface area contributed by atoms with Crippen LogP contribution in [0.25, 0.3) is 1.43 Å². The second-order valence-electron chi connectivity index (χ2n) is 19.7. The van der Waals surface area contributed by atoms with Crippen LogP contribution in [0, 0.1) is 21.0 Å². The molecular formula is C62H97B2Br2F2IK2NO18S2+. The zero-order valence-electron chi connectivity index (χ0n) is 55.1. The first-order valence-electron chi connectivity index (χ1n) is 26.8. The van der Waals surface area contributed by atoms with Crippen molar-refractivity contribution >= 4 is 107 Å². The van der Waals surface area contributed by atoms with Crippen LogP contribution in [0.15, 0.2) is 164 Å². The van der Waals surface area contributed by atoms with E-state index < -0.39 is 20.2 Å². The van der Waals surface area contributed by atoms with Crippen LogP contribution in [0.1, 0.15) is 112 Å². The predicted molar refractivity (Wildman–Crippen MR) is 376 cm³/mol. The van der Waals surface area contributed by atoms with Crippen LogP contribution < -0.4 is 129 Å². The molecule has 2 saturated heterocycles. The normalized spacial score (nSPS) is 13.6. The molecule has 0 atom stereocenters. The third-order valence-corrected chi connectivity index (χ3v) is 16.1. The van der Waals surface area contributed by atoms with Crippen molar-refractivity contribution in [3.63, 3.8) is 0 Å². The van der Waals surface area contributed by atoms with Crippen LogP contribution in [0.4, 0.5) is 7.25 Å². The Bertz CT molecular complexity index is 2960. The molecule has 19 nitrogen and oxygen atoms in total. The van der Waals surface area contributed by atoms with Crippen LogP contribution in [-0.4, -0.2) is 107 Å². The quantitative estimate of drug-likeness (QED) is 0.0150. The molecule has 92 heavy (non-hydrogen) atoms. The van der Waals surface area contributed by atoms with Crippen LogP contribution in [-0.2, 0) is 56.9 Å². The van der Waals surface area contributed by atoms with Gasteiger partial charge in [0.15, 0.2) is 23.2 Å². The molecule has 0 aromatic heterocycles. The van der Waals surface area contributed by atoms with Gasteiger partial charge in [0, 0.05) is 11.8 Å². The molecule has 0 aliphatic carbocycles. The van der Waals surface area contributed by atoms with Gasteiger partial charge in [0.05, 0.1) is 58.6 Å². The molecule has 30 heteroatoms. The largest absolute Gasteiger partial charge is 1.00 e. The van der Waals surface area contributed by atoms with Crippen molar-refractivity contribution in [1.29, 1.82) is 1.43 Å². The average molecular weight is 1630 g/mol. The zero-order chi connectivity index (χ0) is 66.7. The summed E-state index contributed by atoms with van der Waals surface area (Å²) in [5, 5.41) is 21.0. The fourth-order valence-corrected chi connectivity index (χ4v) is 8.83. The number of aromatic hydroxyl groups is 2. The van der Waals surface area contributed by atoms with Crippen LogP contribution in [0.5, 0.6) is 23.0 Å². The molecule has 0 saturated carbocycles. The molecule has 8 N–H and O–H groups in total. The van der Waals surface area contributed by atoms with Gasteiger partial charge in [-0.15, -0.1) is 0 Å². The zero-order valence-corrected chi connectivity index (χ0v) is 67.3. The Kier molecular flexibility index (Phi) is 59.0. The summed E-state index contributed by atoms with van der Waals surface area (Å²) in [6.45, 7) is 29.1. The van der Waals surface area contributed by atoms with Gasteiger partial charge in [0.1, 0.15) is 23.0 Å². The van der Waals surface area contributed by atoms with Gasteiger partial charge in [-0.2, -0.15) is 26.9 Å². The van der Waals surface area contributed by atoms with Crippen molar-refractivity contribution < 1.29 is 197 Å². The number of hydrogen-bond donors (Lipinski definition) is 4. The van der Waals surface area contributed by atoms with Crippen molar-refractivity contribution in [3.8, 4) is 23.0 Å². The van der Waals surface area contributed by atoms with Gasteiger partial charge >= 0.3 is 123 Å². The number of hydrogen-bond acceptors (Lipinski definition) is 18. The first-order chi connectivity index (χ1) is 40.8. The topological polar surface area (TPSA) is 296 Å². The van der Waals surface area contributed by atoms with Gasteiger partial charge in [0.2, 0.25) is 0 Å². The molecular weight excluding hydrogens is 1540 g/mol. The summed E-state index contributed by atoms with van der Waals surface area (Å²) in [5.41, 5.74) is 2.76. The summed E-state index contributed by atoms with van der Waals surface area (Å²) in [5.74, 6) is 2.34. The minimum absolute atomic E-state index is 0. The molecule has 0 bridgehead atoms. The number of benzene rings is 6. The SMILES string of the molecule is C.C.CC1(C)OB(c2ccc(O)cc2)OC1(C)C.CCOS(=O)(=O)c1ccc(C)cc1.CCOS(=O)(=O)c1ccc(C)cc1.CCOc1ccc(B2OC(C)(C)C(C)(C)O2)cc1.CCOc1ccc(Br)cc1.FI.N.O.Oc1ccc(Br)cc1.[2H]OOC=O.[CH2-]F.[HH].[HH].[K+].[K+]. The van der Waals surface area contributed by atoms with Crippen molar-refractivity contribution in [2.45, 2.75) is 144 Å². The van der Waals surface area contributed by atoms with Crippen molar-refractivity contribution in [3.05, 3.63) is 173 Å². The molecule has 2 aliphatic heterocycles. The molecule has 6 aromatic rings. The number of carbonyl (C=O) groups is 1. The molecule has 2 heterocycles. The van der Waals surface area contributed by atoms with E-state index in [-0.39, 0.29) is 204 Å². The Balaban J connectivity index is -0.000000130. The van der Waals surface area contributed by atoms with Crippen LogP contribution in [0.2, 0.25) is 0 Å². The molecule has 512 valence electrons. The first-order valence-corrected chi connectivity index (χ1v) is 31.7. The molecule has 0 radical (unpaired) electrons. The number of halogens is 5. The fraction of sp³-hybridized carbons (Fsp3) is 0.387. The van der Waals surface area contributed by atoms with E-state index in [9.17, 15) is 29.2 Å². The number of phenolic OH excluding ortho intramolecular Hbond substituents is 2. The Hall–Kier alpha value is -1.52. The van der Waals surface area contributed by atoms with Gasteiger partial charge in [-0.3, -0.25) is 13.2 Å². The Labute approximate surface area is 668 Å². The standard InChI is InChI=1S/C14H21BO3.C12H17BO3.2C9H12O3S.C8H9BrO.C6H5BrO.CH2F.CH2O3.2CH4.FI.2K.H3N.H2O.2H2/c1-6-16-12-9-7-11(8-10-12)15-17-13(2,3)14(4,5)18-15;1-11(2)12(3,4)16-13(15-11)9-5-7-10(14)8-6-9;2*1-3-12-13(10,11)9-6-4-8(2)5-7-9;1-2-10-8-5-3-7(9)4-6-8;7-5-1-3-6(8)4-2-5;1-2;2-1-4-3;;;1-2;;;;;;/h7-10H,6H2,1-5H3;5-8,14H,1-4H3;2*4-7H,3H2,1-2H3;3-6H,2H2,1H3;1-4,8H;1H2;1,3H;2*1H4;;;;1H3;1H2;2*1H/q;;;;;;-1;;;;;2*+1;;;;/i/hD. The Morgan fingerprint density at radius 2 is 0.783 bits per heavy atom. The van der Waals surface area contributed by atoms with E-state index in [2.05, 4.69) is 78.1 Å². The maximum Gasteiger partial charge on any atom is 1.00 e. The summed E-state index contributed by atoms with van der Waals surface area (Å²) in [4.78, 5) is 12.7. The summed E-state index contributed by atoms with van der Waals surface area (Å²) in [7, 11) is -5.96. The second-order valence-corrected chi connectivity index (χ2v) is 24.7. The molecule has 0 unspecified atom stereocenters. The molecule has 0 spiro atoms. The summed E-state index contributed by atoms with van der Waals surface area (Å²) in [6.07, 6.45) is 0. The van der Waals surface area contributed by atoms with Crippen LogP contribution >= 0.6 is 55.0 Å². The maximum absolute atomic E-state index is 11.3. The smallest absolute Gasteiger partial charge is 0.508 e. The van der Waals surface area contributed by atoms with E-state index >= 15 is 0 Å². The number of carbonyl (C=O) groups excluding carboxylic acids is 1. The van der Waals surface area contributed by atoms with E-state index in [1.807, 2.05) is 116 Å². The van der Waals surface area contributed by atoms with E-state index in [0.717, 1.165) is 49.1 Å². The number of ether oxygens (including phenoxy) is 2. The van der Waals surface area contributed by atoms with E-state index in [0.29, 0.717) is 35.5 Å². The maximum atomic E-state index is 11.3. The van der Waals surface area contributed by atoms with E-state index in [1.165, 1.54) is 0 Å². The molecule has 2 fully saturated rings. The number of aryl methyl sites for hydroxylation is 2. The summed E-state index contributed by atoms with van der Waals surface area (Å²) >= 11 is 7.23. The molecule has 8 rings (SSSR count). The number of phenols is 2. The van der Waals surface area contributed by atoms with Gasteiger partial charge < -0.3 is 59.2 Å². The third-order valence-electron chi connectivity index (χ3n) is 12.3. The average Bonchev–Trinajstić information content (AvgIpc) is 1.64. The van der Waals surface area contributed by atoms with E-state index in [1.54, 1.807) is 106 Å². The fourth-order valence-electron chi connectivity index (χ4n) is 6.47. The number of rotatable bonds is 14. The second kappa shape index (κ2) is 53.5. The van der Waals surface area contributed by atoms with Gasteiger partial charge in [-0.1, -0.05) is 106 Å². The predicted octanol–water partition coefficient (Wildman–Crippen LogP) is 9.31. The third kappa shape index (κ3) is 39.2. The van der Waals surface area contributed by atoms with Crippen molar-refractivity contribution in [2.24, 2.45) is 0 Å². The minimum atomic E-state index is -3.53. The minimum Gasteiger partial charge on any atom is -0.508 e. The molecule has 6 aromatic carbocycles. The Morgan fingerprint density at radius 3 is 1.01 bits per heavy atom. The van der Waals surface area contributed by atoms with Gasteiger partial charge in [-0.25, -0.2) is 5.26 Å². The molecule has 0 amide bonds.